The van der Waals surface area contributed by atoms with E-state index >= 15 is 0 Å². The van der Waals surface area contributed by atoms with E-state index in [0.29, 0.717) is 0 Å². The van der Waals surface area contributed by atoms with Gasteiger partial charge >= 0.3 is 0 Å². The van der Waals surface area contributed by atoms with Crippen molar-refractivity contribution in [1.29, 1.82) is 0 Å². The summed E-state index contributed by atoms with van der Waals surface area (Å²) in [5.41, 5.74) is 13.2. The van der Waals surface area contributed by atoms with Gasteiger partial charge in [-0.05, 0) is 144 Å². The van der Waals surface area contributed by atoms with Gasteiger partial charge in [-0.3, -0.25) is 0 Å². The summed E-state index contributed by atoms with van der Waals surface area (Å²) in [5.74, 6) is 0. The Morgan fingerprint density at radius 3 is 1.44 bits per heavy atom. The largest absolute Gasteiger partial charge is 0.309 e. The monoisotopic (exact) mass is 803 g/mol. The van der Waals surface area contributed by atoms with Gasteiger partial charge in [0.15, 0.2) is 0 Å². The van der Waals surface area contributed by atoms with Gasteiger partial charge in [-0.1, -0.05) is 158 Å². The van der Waals surface area contributed by atoms with Crippen LogP contribution in [-0.2, 0) is 0 Å². The maximum absolute atomic E-state index is 2.44. The van der Waals surface area contributed by atoms with Gasteiger partial charge in [0.2, 0.25) is 0 Å². The van der Waals surface area contributed by atoms with Crippen LogP contribution in [0.25, 0.3) is 124 Å². The fourth-order valence-corrected chi connectivity index (χ4v) is 11.2. The summed E-state index contributed by atoms with van der Waals surface area (Å²) in [6.07, 6.45) is 0. The maximum Gasteiger partial charge on any atom is 0.0541 e. The topological polar surface area (TPSA) is 4.93 Å². The molecule has 2 aromatic heterocycles. The molecule has 13 aromatic rings. The fraction of sp³-hybridized carbons (Fsp3) is 0. The van der Waals surface area contributed by atoms with E-state index in [2.05, 4.69) is 229 Å². The van der Waals surface area contributed by atoms with Crippen molar-refractivity contribution in [3.63, 3.8) is 0 Å². The molecule has 0 aliphatic rings. The van der Waals surface area contributed by atoms with Crippen molar-refractivity contribution >= 4 is 85.6 Å². The summed E-state index contributed by atoms with van der Waals surface area (Å²) in [7, 11) is 0. The molecule has 11 aromatic carbocycles. The van der Waals surface area contributed by atoms with Gasteiger partial charge in [-0.15, -0.1) is 11.3 Å². The molecule has 0 N–H and O–H groups in total. The van der Waals surface area contributed by atoms with Crippen molar-refractivity contribution in [3.8, 4) is 50.2 Å². The lowest BCUT2D eigenvalue weighted by molar-refractivity contribution is 1.18. The summed E-state index contributed by atoms with van der Waals surface area (Å²) in [6, 6.07) is 83.1. The van der Waals surface area contributed by atoms with Crippen LogP contribution >= 0.6 is 11.3 Å². The molecule has 0 saturated carbocycles. The Balaban J connectivity index is 0.950. The molecule has 0 atom stereocenters. The van der Waals surface area contributed by atoms with Gasteiger partial charge in [-0.25, -0.2) is 0 Å². The molecule has 0 aliphatic carbocycles. The molecule has 288 valence electrons. The standard InChI is InChI=1S/C60H37NS/c1-2-13-38(14-3-1)43-31-44(33-45(32-43)42-26-29-54-53-22-9-11-24-59(53)62-60(54)37-42)41-27-30-58-56(36-41)52-21-8-10-23-57(52)61(58)46-16-12-15-39(34-46)40-25-28-51-49-19-5-4-17-47(49)48-18-6-7-20-50(48)55(51)35-40/h1-37H. The van der Waals surface area contributed by atoms with Crippen LogP contribution in [0.2, 0.25) is 0 Å². The quantitative estimate of drug-likeness (QED) is 0.153. The Kier molecular flexibility index (Phi) is 7.85. The van der Waals surface area contributed by atoms with Crippen molar-refractivity contribution < 1.29 is 0 Å². The van der Waals surface area contributed by atoms with Gasteiger partial charge in [0.05, 0.1) is 11.0 Å². The van der Waals surface area contributed by atoms with Gasteiger partial charge in [0.25, 0.3) is 0 Å². The highest BCUT2D eigenvalue weighted by atomic mass is 32.1. The van der Waals surface area contributed by atoms with E-state index in [4.69, 9.17) is 0 Å². The SMILES string of the molecule is c1ccc(-c2cc(-c3ccc4c(c3)sc3ccccc34)cc(-c3ccc4c(c3)c3ccccc3n4-c3cccc(-c4ccc5c6ccccc6c6ccccc6c5c4)c3)c2)cc1. The average Bonchev–Trinajstić information content (AvgIpc) is 3.89. The zero-order valence-electron chi connectivity index (χ0n) is 33.7. The molecule has 0 fully saturated rings. The van der Waals surface area contributed by atoms with Crippen LogP contribution in [0.5, 0.6) is 0 Å². The lowest BCUT2D eigenvalue weighted by Gasteiger charge is -2.14. The van der Waals surface area contributed by atoms with E-state index in [1.54, 1.807) is 0 Å². The number of fused-ring (bicyclic) bond motifs is 12. The molecule has 0 aliphatic heterocycles. The van der Waals surface area contributed by atoms with Crippen molar-refractivity contribution in [2.75, 3.05) is 0 Å². The molecule has 0 unspecified atom stereocenters. The first-order valence-electron chi connectivity index (χ1n) is 21.3. The third-order valence-electron chi connectivity index (χ3n) is 12.9. The predicted molar refractivity (Wildman–Crippen MR) is 268 cm³/mol. The number of nitrogens with zero attached hydrogens (tertiary/aromatic N) is 1. The number of hydrogen-bond acceptors (Lipinski definition) is 1. The van der Waals surface area contributed by atoms with Gasteiger partial charge < -0.3 is 4.57 Å². The van der Waals surface area contributed by atoms with Crippen molar-refractivity contribution in [1.82, 2.24) is 4.57 Å². The Morgan fingerprint density at radius 1 is 0.226 bits per heavy atom. The molecular formula is C60H37NS. The average molecular weight is 804 g/mol. The second-order valence-electron chi connectivity index (χ2n) is 16.5. The summed E-state index contributed by atoms with van der Waals surface area (Å²) in [6.45, 7) is 0. The minimum absolute atomic E-state index is 1.15. The predicted octanol–water partition coefficient (Wildman–Crippen LogP) is 17.3. The van der Waals surface area contributed by atoms with E-state index < -0.39 is 0 Å². The van der Waals surface area contributed by atoms with E-state index in [-0.39, 0.29) is 0 Å². The lowest BCUT2D eigenvalue weighted by Crippen LogP contribution is -1.94. The number of hydrogen-bond donors (Lipinski definition) is 0. The second kappa shape index (κ2) is 13.9. The Bertz CT molecular complexity index is 3890. The highest BCUT2D eigenvalue weighted by molar-refractivity contribution is 7.25. The Labute approximate surface area is 363 Å². The fourth-order valence-electron chi connectivity index (χ4n) is 10.0. The zero-order valence-corrected chi connectivity index (χ0v) is 34.5. The molecule has 1 nitrogen and oxygen atoms in total. The number of para-hydroxylation sites is 1. The first kappa shape index (κ1) is 35.0. The highest BCUT2D eigenvalue weighted by Gasteiger charge is 2.17. The van der Waals surface area contributed by atoms with Crippen LogP contribution < -0.4 is 0 Å². The molecule has 0 saturated heterocycles. The van der Waals surface area contributed by atoms with Crippen LogP contribution in [-0.4, -0.2) is 4.57 Å². The summed E-state index contributed by atoms with van der Waals surface area (Å²) >= 11 is 1.87. The summed E-state index contributed by atoms with van der Waals surface area (Å²) < 4.78 is 5.08. The zero-order chi connectivity index (χ0) is 40.7. The highest BCUT2D eigenvalue weighted by Crippen LogP contribution is 2.42. The molecule has 0 spiro atoms. The van der Waals surface area contributed by atoms with Crippen LogP contribution in [0.4, 0.5) is 0 Å². The van der Waals surface area contributed by atoms with Crippen LogP contribution in [0.1, 0.15) is 0 Å². The molecule has 2 heterocycles. The van der Waals surface area contributed by atoms with Gasteiger partial charge in [0, 0.05) is 36.6 Å². The number of thiophene rings is 1. The smallest absolute Gasteiger partial charge is 0.0541 e. The Hall–Kier alpha value is -7.78. The third kappa shape index (κ3) is 5.54. The van der Waals surface area contributed by atoms with Crippen molar-refractivity contribution in [3.05, 3.63) is 224 Å². The molecule has 0 bridgehead atoms. The third-order valence-corrected chi connectivity index (χ3v) is 14.1. The first-order chi connectivity index (χ1) is 30.7. The minimum atomic E-state index is 1.15. The van der Waals surface area contributed by atoms with Crippen LogP contribution in [0, 0.1) is 0 Å². The second-order valence-corrected chi connectivity index (χ2v) is 17.5. The van der Waals surface area contributed by atoms with Crippen LogP contribution in [0.3, 0.4) is 0 Å². The van der Waals surface area contributed by atoms with E-state index in [9.17, 15) is 0 Å². The lowest BCUT2D eigenvalue weighted by atomic mass is 9.92. The van der Waals surface area contributed by atoms with Crippen molar-refractivity contribution in [2.24, 2.45) is 0 Å². The molecule has 2 heteroatoms. The van der Waals surface area contributed by atoms with E-state index in [1.807, 2.05) is 11.3 Å². The molecule has 0 amide bonds. The normalized spacial score (nSPS) is 11.9. The first-order valence-corrected chi connectivity index (χ1v) is 22.1. The molecule has 0 radical (unpaired) electrons. The Morgan fingerprint density at radius 2 is 0.694 bits per heavy atom. The maximum atomic E-state index is 2.44. The summed E-state index contributed by atoms with van der Waals surface area (Å²) in [4.78, 5) is 0. The van der Waals surface area contributed by atoms with E-state index in [1.165, 1.54) is 119 Å². The molecule has 13 rings (SSSR count). The van der Waals surface area contributed by atoms with Gasteiger partial charge in [-0.2, -0.15) is 0 Å². The molecule has 62 heavy (non-hydrogen) atoms. The number of aromatic nitrogens is 1. The number of rotatable bonds is 5. The van der Waals surface area contributed by atoms with Crippen LogP contribution in [0.15, 0.2) is 224 Å². The van der Waals surface area contributed by atoms with E-state index in [0.717, 1.165) is 5.69 Å². The number of benzene rings is 11. The van der Waals surface area contributed by atoms with Gasteiger partial charge in [0.1, 0.15) is 0 Å². The summed E-state index contributed by atoms with van der Waals surface area (Å²) in [5, 5.41) is 12.9. The van der Waals surface area contributed by atoms with Crippen molar-refractivity contribution in [2.45, 2.75) is 0 Å². The minimum Gasteiger partial charge on any atom is -0.309 e. The molecular weight excluding hydrogens is 767 g/mol.